The largest absolute Gasteiger partial charge is 0.479 e. The second-order valence-electron chi connectivity index (χ2n) is 12.7. The molecule has 0 spiro atoms. The van der Waals surface area contributed by atoms with Crippen LogP contribution in [-0.2, 0) is 47.5 Å². The quantitative estimate of drug-likeness (QED) is 0.0877. The highest BCUT2D eigenvalue weighted by atomic mass is 16.8. The molecule has 0 aromatic heterocycles. The summed E-state index contributed by atoms with van der Waals surface area (Å²) in [6, 6.07) is -3.13. The number of hydrogen-bond acceptors (Lipinski definition) is 21. The van der Waals surface area contributed by atoms with Crippen molar-refractivity contribution >= 4 is 17.8 Å². The third-order valence-electron chi connectivity index (χ3n) is 8.98. The third-order valence-corrected chi connectivity index (χ3v) is 8.98. The van der Waals surface area contributed by atoms with Crippen LogP contribution in [0.15, 0.2) is 0 Å². The van der Waals surface area contributed by atoms with E-state index in [2.05, 4.69) is 10.6 Å². The first-order chi connectivity index (χ1) is 24.4. The molecular formula is C28H46N2O22. The van der Waals surface area contributed by atoms with Crippen molar-refractivity contribution in [3.8, 4) is 0 Å². The summed E-state index contributed by atoms with van der Waals surface area (Å²) in [5.41, 5.74) is 0. The minimum absolute atomic E-state index is 0.721. The molecule has 0 aliphatic carbocycles. The van der Waals surface area contributed by atoms with Crippen LogP contribution < -0.4 is 10.6 Å². The molecule has 20 atom stereocenters. The maximum atomic E-state index is 12.1. The summed E-state index contributed by atoms with van der Waals surface area (Å²) in [6.45, 7) is -0.586. The van der Waals surface area contributed by atoms with Crippen LogP contribution in [0, 0.1) is 0 Å². The van der Waals surface area contributed by atoms with E-state index in [1.807, 2.05) is 0 Å². The zero-order chi connectivity index (χ0) is 38.8. The van der Waals surface area contributed by atoms with Crippen LogP contribution in [0.25, 0.3) is 0 Å². The van der Waals surface area contributed by atoms with Crippen LogP contribution in [0.1, 0.15) is 13.8 Å². The smallest absolute Gasteiger partial charge is 0.335 e. The summed E-state index contributed by atoms with van der Waals surface area (Å²) < 4.78 is 38.3. The summed E-state index contributed by atoms with van der Waals surface area (Å²) in [5, 5.41) is 130. The van der Waals surface area contributed by atoms with Gasteiger partial charge in [0.05, 0.1) is 19.8 Å². The summed E-state index contributed by atoms with van der Waals surface area (Å²) in [7, 11) is 0. The molecule has 24 heteroatoms. The summed E-state index contributed by atoms with van der Waals surface area (Å²) in [5.74, 6) is -3.31. The maximum absolute atomic E-state index is 12.1. The lowest BCUT2D eigenvalue weighted by Crippen LogP contribution is -2.69. The summed E-state index contributed by atoms with van der Waals surface area (Å²) >= 11 is 0. The van der Waals surface area contributed by atoms with Crippen LogP contribution in [0.4, 0.5) is 0 Å². The Bertz CT molecular complexity index is 1220. The van der Waals surface area contributed by atoms with Gasteiger partial charge in [0.15, 0.2) is 31.3 Å². The topological polar surface area (TPSA) is 383 Å². The van der Waals surface area contributed by atoms with Gasteiger partial charge in [0.25, 0.3) is 0 Å². The molecule has 0 radical (unpaired) electrons. The number of carboxylic acids is 1. The Labute approximate surface area is 293 Å². The zero-order valence-electron chi connectivity index (χ0n) is 27.6. The van der Waals surface area contributed by atoms with E-state index in [0.717, 1.165) is 13.8 Å². The van der Waals surface area contributed by atoms with E-state index in [4.69, 9.17) is 33.2 Å². The van der Waals surface area contributed by atoms with Crippen molar-refractivity contribution in [1.82, 2.24) is 10.6 Å². The Morgan fingerprint density at radius 3 is 1.48 bits per heavy atom. The number of aliphatic carboxylic acids is 1. The predicted octanol–water partition coefficient (Wildman–Crippen LogP) is -9.37. The van der Waals surface area contributed by atoms with Gasteiger partial charge in [0.1, 0.15) is 91.4 Å². The molecule has 14 N–H and O–H groups in total. The Kier molecular flexibility index (Phi) is 14.6. The SMILES string of the molecule is CC(=O)N[C@@H]1[C@@H](O[C@@H]2[C@@H](O)[C@H](O[C@H]3[C@@H](O)[C@@H](CO)O[C@@H](O[C@H]4[C@H](O)[C@@H](CO)O[C@@H](O)[C@@H]4NC(C)=O)[C@@H]3O)O[C@H](C(=O)O)[C@H]2O)O[C@H](CO)[C@@H](O)[C@@H]1O. The molecule has 0 bridgehead atoms. The fourth-order valence-electron chi connectivity index (χ4n) is 6.32. The molecule has 4 rings (SSSR count). The molecule has 0 aromatic carbocycles. The van der Waals surface area contributed by atoms with Crippen LogP contribution >= 0.6 is 0 Å². The molecule has 4 heterocycles. The predicted molar refractivity (Wildman–Crippen MR) is 158 cm³/mol. The van der Waals surface area contributed by atoms with Crippen molar-refractivity contribution in [3.05, 3.63) is 0 Å². The maximum Gasteiger partial charge on any atom is 0.335 e. The van der Waals surface area contributed by atoms with Gasteiger partial charge in [0.2, 0.25) is 11.8 Å². The molecule has 0 saturated carbocycles. The lowest BCUT2D eigenvalue weighted by atomic mass is 9.94. The number of carboxylic acid groups (broad SMARTS) is 1. The van der Waals surface area contributed by atoms with Crippen molar-refractivity contribution in [3.63, 3.8) is 0 Å². The van der Waals surface area contributed by atoms with E-state index in [0.29, 0.717) is 0 Å². The van der Waals surface area contributed by atoms with Crippen molar-refractivity contribution in [1.29, 1.82) is 0 Å². The first kappa shape index (κ1) is 42.4. The van der Waals surface area contributed by atoms with E-state index < -0.39 is 160 Å². The molecule has 300 valence electrons. The number of amides is 2. The summed E-state index contributed by atoms with van der Waals surface area (Å²) in [6.07, 6.45) is -34.6. The Balaban J connectivity index is 1.61. The summed E-state index contributed by atoms with van der Waals surface area (Å²) in [4.78, 5) is 35.8. The molecule has 4 fully saturated rings. The average molecular weight is 763 g/mol. The average Bonchev–Trinajstić information content (AvgIpc) is 3.08. The van der Waals surface area contributed by atoms with Gasteiger partial charge >= 0.3 is 5.97 Å². The van der Waals surface area contributed by atoms with E-state index >= 15 is 0 Å². The van der Waals surface area contributed by atoms with Crippen LogP contribution in [-0.4, -0.2) is 222 Å². The number of hydrogen-bond donors (Lipinski definition) is 14. The minimum Gasteiger partial charge on any atom is -0.479 e. The van der Waals surface area contributed by atoms with Crippen molar-refractivity contribution in [2.45, 2.75) is 137 Å². The van der Waals surface area contributed by atoms with Crippen molar-refractivity contribution in [2.75, 3.05) is 19.8 Å². The highest BCUT2D eigenvalue weighted by molar-refractivity contribution is 5.74. The Morgan fingerprint density at radius 2 is 0.942 bits per heavy atom. The number of carbonyl (C=O) groups is 3. The second-order valence-corrected chi connectivity index (χ2v) is 12.7. The number of ether oxygens (including phenoxy) is 7. The van der Waals surface area contributed by atoms with Crippen LogP contribution in [0.3, 0.4) is 0 Å². The van der Waals surface area contributed by atoms with E-state index in [1.165, 1.54) is 0 Å². The number of carbonyl (C=O) groups excluding carboxylic acids is 2. The molecule has 2 amide bonds. The number of rotatable bonds is 12. The van der Waals surface area contributed by atoms with Gasteiger partial charge in [0, 0.05) is 13.8 Å². The van der Waals surface area contributed by atoms with E-state index in [1.54, 1.807) is 0 Å². The van der Waals surface area contributed by atoms with Gasteiger partial charge < -0.3 is 105 Å². The minimum atomic E-state index is -2.26. The molecule has 0 aromatic rings. The van der Waals surface area contributed by atoms with E-state index in [-0.39, 0.29) is 0 Å². The van der Waals surface area contributed by atoms with E-state index in [9.17, 15) is 75.7 Å². The van der Waals surface area contributed by atoms with Crippen LogP contribution in [0.2, 0.25) is 0 Å². The molecule has 24 nitrogen and oxygen atoms in total. The van der Waals surface area contributed by atoms with Gasteiger partial charge in [-0.05, 0) is 0 Å². The van der Waals surface area contributed by atoms with Crippen molar-refractivity contribution in [2.24, 2.45) is 0 Å². The van der Waals surface area contributed by atoms with Crippen LogP contribution in [0.5, 0.6) is 0 Å². The molecular weight excluding hydrogens is 716 g/mol. The highest BCUT2D eigenvalue weighted by Gasteiger charge is 2.56. The number of aliphatic hydroxyl groups is 11. The first-order valence-electron chi connectivity index (χ1n) is 16.1. The highest BCUT2D eigenvalue weighted by Crippen LogP contribution is 2.34. The van der Waals surface area contributed by atoms with Gasteiger partial charge in [-0.25, -0.2) is 4.79 Å². The third kappa shape index (κ3) is 8.96. The monoisotopic (exact) mass is 762 g/mol. The Morgan fingerprint density at radius 1 is 0.519 bits per heavy atom. The molecule has 0 unspecified atom stereocenters. The molecule has 4 aliphatic heterocycles. The lowest BCUT2D eigenvalue weighted by Gasteiger charge is -2.49. The molecule has 52 heavy (non-hydrogen) atoms. The zero-order valence-corrected chi connectivity index (χ0v) is 27.6. The van der Waals surface area contributed by atoms with Crippen molar-refractivity contribution < 1.29 is 109 Å². The number of aliphatic hydroxyl groups excluding tert-OH is 11. The number of nitrogens with one attached hydrogen (secondary N) is 2. The Hall–Kier alpha value is -2.31. The first-order valence-corrected chi connectivity index (χ1v) is 16.1. The fraction of sp³-hybridized carbons (Fsp3) is 0.893. The van der Waals surface area contributed by atoms with Gasteiger partial charge in [-0.3, -0.25) is 9.59 Å². The van der Waals surface area contributed by atoms with Gasteiger partial charge in [-0.2, -0.15) is 0 Å². The fourth-order valence-corrected chi connectivity index (χ4v) is 6.32. The normalized spacial score (nSPS) is 47.0. The van der Waals surface area contributed by atoms with Gasteiger partial charge in [-0.1, -0.05) is 0 Å². The van der Waals surface area contributed by atoms with Gasteiger partial charge in [-0.15, -0.1) is 0 Å². The lowest BCUT2D eigenvalue weighted by molar-refractivity contribution is -0.380. The molecule has 4 saturated heterocycles. The standard InChI is InChI=1S/C28H46N2O22/c1-6(34)29-11-16(39)13(36)8(3-31)47-26(11)50-22-17(40)23(24(43)44)52-28(19(22)42)51-21-15(38)10(5-33)48-27(18(21)41)49-20-12(30-7(2)35)25(45)46-9(4-32)14(20)37/h8-23,25-28,31-33,36-42,45H,3-5H2,1-2H3,(H,29,34)(H,30,35)(H,43,44)/t8-,9-,10-,11+,12-,13-,14-,15+,16-,17+,18-,19-,20-,21+,22+,23+,25-,26-,27+,28-/m1/s1. The second kappa shape index (κ2) is 17.9. The molecule has 4 aliphatic rings.